The van der Waals surface area contributed by atoms with Crippen molar-refractivity contribution in [2.24, 2.45) is 0 Å². The summed E-state index contributed by atoms with van der Waals surface area (Å²) in [5, 5.41) is 12.4. The molecular formula is C20H18FN5O. The Hall–Kier alpha value is -3.06. The van der Waals surface area contributed by atoms with Gasteiger partial charge in [0.15, 0.2) is 11.5 Å². The molecule has 27 heavy (non-hydrogen) atoms. The Labute approximate surface area is 155 Å². The average Bonchev–Trinajstić information content (AvgIpc) is 3.14. The molecule has 1 aromatic carbocycles. The minimum absolute atomic E-state index is 0.319. The molecule has 6 nitrogen and oxygen atoms in total. The molecule has 1 saturated heterocycles. The lowest BCUT2D eigenvalue weighted by atomic mass is 10.1. The highest BCUT2D eigenvalue weighted by Crippen LogP contribution is 2.29. The molecule has 1 aliphatic rings. The lowest BCUT2D eigenvalue weighted by molar-refractivity contribution is 0.0742. The van der Waals surface area contributed by atoms with E-state index in [0.29, 0.717) is 35.8 Å². The van der Waals surface area contributed by atoms with Crippen LogP contribution in [0.25, 0.3) is 28.1 Å². The van der Waals surface area contributed by atoms with E-state index in [1.807, 2.05) is 59.1 Å². The number of aromatic nitrogens is 4. The number of ether oxygens (including phenoxy) is 1. The monoisotopic (exact) mass is 363 g/mol. The number of hydrogen-bond donors (Lipinski definition) is 1. The lowest BCUT2D eigenvalue weighted by Crippen LogP contribution is -2.44. The first kappa shape index (κ1) is 16.1. The molecule has 2 atom stereocenters. The van der Waals surface area contributed by atoms with Crippen molar-refractivity contribution in [1.82, 2.24) is 24.9 Å². The van der Waals surface area contributed by atoms with Crippen LogP contribution in [0.4, 0.5) is 4.39 Å². The molecule has 0 aliphatic carbocycles. The van der Waals surface area contributed by atoms with Crippen molar-refractivity contribution in [1.29, 1.82) is 0 Å². The second kappa shape index (κ2) is 6.59. The average molecular weight is 363 g/mol. The molecule has 0 amide bonds. The minimum atomic E-state index is -1.03. The zero-order chi connectivity index (χ0) is 18.2. The standard InChI is InChI=1S/C20H18FN5O/c21-14-12-22-10-9-16(14)27-17-5-3-4-13-7-8-15(23-19(13)17)20-25-24-18-6-1-2-11-26(18)20/h1-8,11,14,16,22H,9-10,12H2/t14-,16-/m0/s1. The predicted octanol–water partition coefficient (Wildman–Crippen LogP) is 3.02. The Balaban J connectivity index is 1.58. The van der Waals surface area contributed by atoms with Gasteiger partial charge in [0, 0.05) is 18.1 Å². The molecule has 0 radical (unpaired) electrons. The molecule has 1 fully saturated rings. The van der Waals surface area contributed by atoms with Crippen LogP contribution in [0.1, 0.15) is 6.42 Å². The van der Waals surface area contributed by atoms with E-state index in [0.717, 1.165) is 17.6 Å². The van der Waals surface area contributed by atoms with Crippen LogP contribution in [0.5, 0.6) is 5.75 Å². The highest BCUT2D eigenvalue weighted by Gasteiger charge is 2.27. The lowest BCUT2D eigenvalue weighted by Gasteiger charge is -2.27. The molecule has 4 heterocycles. The van der Waals surface area contributed by atoms with Crippen LogP contribution < -0.4 is 10.1 Å². The van der Waals surface area contributed by atoms with E-state index in [4.69, 9.17) is 9.72 Å². The van der Waals surface area contributed by atoms with E-state index in [-0.39, 0.29) is 0 Å². The zero-order valence-electron chi connectivity index (χ0n) is 14.5. The Morgan fingerprint density at radius 2 is 2.04 bits per heavy atom. The number of nitrogens with one attached hydrogen (secondary N) is 1. The number of hydrogen-bond acceptors (Lipinski definition) is 5. The van der Waals surface area contributed by atoms with Crippen LogP contribution in [-0.4, -0.2) is 44.9 Å². The van der Waals surface area contributed by atoms with Crippen LogP contribution in [0.3, 0.4) is 0 Å². The third kappa shape index (κ3) is 2.90. The van der Waals surface area contributed by atoms with Gasteiger partial charge in [-0.1, -0.05) is 24.3 Å². The molecule has 1 N–H and O–H groups in total. The SMILES string of the molecule is F[C@H]1CNCC[C@@H]1Oc1cccc2ccc(-c3nnc4ccccn34)nc12. The summed E-state index contributed by atoms with van der Waals surface area (Å²) >= 11 is 0. The topological polar surface area (TPSA) is 64.3 Å². The second-order valence-electron chi connectivity index (χ2n) is 6.64. The van der Waals surface area contributed by atoms with Crippen molar-refractivity contribution in [2.45, 2.75) is 18.7 Å². The van der Waals surface area contributed by atoms with E-state index in [2.05, 4.69) is 15.5 Å². The van der Waals surface area contributed by atoms with Crippen LogP contribution in [-0.2, 0) is 0 Å². The number of piperidine rings is 1. The van der Waals surface area contributed by atoms with E-state index in [1.165, 1.54) is 0 Å². The molecule has 136 valence electrons. The smallest absolute Gasteiger partial charge is 0.187 e. The van der Waals surface area contributed by atoms with Gasteiger partial charge in [-0.3, -0.25) is 4.40 Å². The number of pyridine rings is 2. The van der Waals surface area contributed by atoms with Crippen LogP contribution >= 0.6 is 0 Å². The van der Waals surface area contributed by atoms with Crippen LogP contribution in [0.15, 0.2) is 54.7 Å². The van der Waals surface area contributed by atoms with Gasteiger partial charge in [-0.05, 0) is 37.2 Å². The van der Waals surface area contributed by atoms with E-state index < -0.39 is 12.3 Å². The zero-order valence-corrected chi connectivity index (χ0v) is 14.5. The summed E-state index contributed by atoms with van der Waals surface area (Å²) in [6.07, 6.45) is 1.04. The van der Waals surface area contributed by atoms with Gasteiger partial charge in [-0.15, -0.1) is 10.2 Å². The number of nitrogens with zero attached hydrogens (tertiary/aromatic N) is 4. The fourth-order valence-corrected chi connectivity index (χ4v) is 3.45. The van der Waals surface area contributed by atoms with Crippen molar-refractivity contribution >= 4 is 16.6 Å². The van der Waals surface area contributed by atoms with E-state index in [1.54, 1.807) is 0 Å². The molecule has 7 heteroatoms. The fraction of sp³-hybridized carbons (Fsp3) is 0.250. The molecule has 4 aromatic rings. The van der Waals surface area contributed by atoms with Crippen molar-refractivity contribution in [3.63, 3.8) is 0 Å². The summed E-state index contributed by atoms with van der Waals surface area (Å²) in [6.45, 7) is 1.07. The number of fused-ring (bicyclic) bond motifs is 2. The molecule has 0 bridgehead atoms. The van der Waals surface area contributed by atoms with Gasteiger partial charge in [0.25, 0.3) is 0 Å². The summed E-state index contributed by atoms with van der Waals surface area (Å²) in [5.41, 5.74) is 2.15. The maximum absolute atomic E-state index is 14.2. The first-order valence-corrected chi connectivity index (χ1v) is 9.01. The molecule has 1 aliphatic heterocycles. The number of benzene rings is 1. The Morgan fingerprint density at radius 1 is 1.07 bits per heavy atom. The van der Waals surface area contributed by atoms with Crippen molar-refractivity contribution in [2.75, 3.05) is 13.1 Å². The van der Waals surface area contributed by atoms with Crippen molar-refractivity contribution in [3.8, 4) is 17.3 Å². The molecular weight excluding hydrogens is 345 g/mol. The van der Waals surface area contributed by atoms with Crippen molar-refractivity contribution in [3.05, 3.63) is 54.7 Å². The van der Waals surface area contributed by atoms with Crippen LogP contribution in [0.2, 0.25) is 0 Å². The first-order valence-electron chi connectivity index (χ1n) is 9.01. The number of rotatable bonds is 3. The van der Waals surface area contributed by atoms with Gasteiger partial charge in [0.2, 0.25) is 0 Å². The molecule has 3 aromatic heterocycles. The van der Waals surface area contributed by atoms with E-state index in [9.17, 15) is 4.39 Å². The van der Waals surface area contributed by atoms with Gasteiger partial charge in [-0.25, -0.2) is 9.37 Å². The predicted molar refractivity (Wildman–Crippen MR) is 101 cm³/mol. The summed E-state index contributed by atoms with van der Waals surface area (Å²) in [4.78, 5) is 4.77. The molecule has 0 saturated carbocycles. The third-order valence-electron chi connectivity index (χ3n) is 4.85. The normalized spacial score (nSPS) is 20.2. The quantitative estimate of drug-likeness (QED) is 0.606. The summed E-state index contributed by atoms with van der Waals surface area (Å²) < 4.78 is 22.1. The number of alkyl halides is 1. The van der Waals surface area contributed by atoms with Gasteiger partial charge in [0.05, 0.1) is 0 Å². The first-order chi connectivity index (χ1) is 13.3. The third-order valence-corrected chi connectivity index (χ3v) is 4.85. The number of para-hydroxylation sites is 1. The second-order valence-corrected chi connectivity index (χ2v) is 6.64. The summed E-state index contributed by atoms with van der Waals surface area (Å²) in [6, 6.07) is 15.3. The molecule has 0 unspecified atom stereocenters. The maximum atomic E-state index is 14.2. The van der Waals surface area contributed by atoms with Crippen molar-refractivity contribution < 1.29 is 9.13 Å². The van der Waals surface area contributed by atoms with Gasteiger partial charge < -0.3 is 10.1 Å². The molecule has 0 spiro atoms. The Kier molecular flexibility index (Phi) is 3.94. The van der Waals surface area contributed by atoms with Gasteiger partial charge in [0.1, 0.15) is 29.2 Å². The van der Waals surface area contributed by atoms with E-state index >= 15 is 0 Å². The minimum Gasteiger partial charge on any atom is -0.485 e. The molecule has 5 rings (SSSR count). The van der Waals surface area contributed by atoms with Gasteiger partial charge >= 0.3 is 0 Å². The Bertz CT molecular complexity index is 1110. The largest absolute Gasteiger partial charge is 0.485 e. The highest BCUT2D eigenvalue weighted by atomic mass is 19.1. The highest BCUT2D eigenvalue weighted by molar-refractivity contribution is 5.86. The van der Waals surface area contributed by atoms with Crippen LogP contribution in [0, 0.1) is 0 Å². The fourth-order valence-electron chi connectivity index (χ4n) is 3.45. The Morgan fingerprint density at radius 3 is 2.96 bits per heavy atom. The number of halogens is 1. The summed E-state index contributed by atoms with van der Waals surface area (Å²) in [7, 11) is 0. The van der Waals surface area contributed by atoms with Gasteiger partial charge in [-0.2, -0.15) is 0 Å². The maximum Gasteiger partial charge on any atom is 0.187 e. The summed E-state index contributed by atoms with van der Waals surface area (Å²) in [5.74, 6) is 1.25.